The van der Waals surface area contributed by atoms with E-state index in [1.165, 1.54) is 19.3 Å². The fourth-order valence-electron chi connectivity index (χ4n) is 1.85. The van der Waals surface area contributed by atoms with Gasteiger partial charge in [-0.1, -0.05) is 33.1 Å². The van der Waals surface area contributed by atoms with Gasteiger partial charge in [-0.3, -0.25) is 4.79 Å². The Balaban J connectivity index is 2.08. The molecule has 0 aromatic heterocycles. The average Bonchev–Trinajstić information content (AvgIpc) is 2.11. The van der Waals surface area contributed by atoms with E-state index in [1.807, 2.05) is 13.8 Å². The highest BCUT2D eigenvalue weighted by Crippen LogP contribution is 2.29. The van der Waals surface area contributed by atoms with Crippen molar-refractivity contribution < 1.29 is 9.53 Å². The molecule has 1 unspecified atom stereocenters. The number of carbonyl (C=O) groups is 1. The van der Waals surface area contributed by atoms with Gasteiger partial charge in [0.25, 0.3) is 0 Å². The molecule has 1 amide bonds. The summed E-state index contributed by atoms with van der Waals surface area (Å²) in [4.78, 5) is 11.1. The standard InChI is InChI=1S/C12H24N2O2/c1-9(2)14-11(12(13)15)8-16-7-6-10-4-3-5-10/h9-11,14H,3-8H2,1-2H3,(H2,13,15). The van der Waals surface area contributed by atoms with Crippen LogP contribution in [0.2, 0.25) is 0 Å². The molecule has 0 aromatic carbocycles. The molecule has 1 fully saturated rings. The highest BCUT2D eigenvalue weighted by molar-refractivity contribution is 5.80. The number of rotatable bonds is 8. The second-order valence-electron chi connectivity index (χ2n) is 4.94. The molecule has 4 nitrogen and oxygen atoms in total. The number of ether oxygens (including phenoxy) is 1. The van der Waals surface area contributed by atoms with Crippen LogP contribution < -0.4 is 11.1 Å². The first-order chi connectivity index (χ1) is 7.59. The number of amides is 1. The van der Waals surface area contributed by atoms with Crippen molar-refractivity contribution >= 4 is 5.91 Å². The number of carbonyl (C=O) groups excluding carboxylic acids is 1. The summed E-state index contributed by atoms with van der Waals surface area (Å²) in [6.07, 6.45) is 5.16. The molecule has 0 bridgehead atoms. The van der Waals surface area contributed by atoms with Crippen molar-refractivity contribution in [2.45, 2.75) is 51.6 Å². The largest absolute Gasteiger partial charge is 0.379 e. The van der Waals surface area contributed by atoms with E-state index in [9.17, 15) is 4.79 Å². The number of hydrogen-bond acceptors (Lipinski definition) is 3. The Kier molecular flexibility index (Phi) is 5.77. The fraction of sp³-hybridized carbons (Fsp3) is 0.917. The lowest BCUT2D eigenvalue weighted by Gasteiger charge is -2.25. The number of primary amides is 1. The summed E-state index contributed by atoms with van der Waals surface area (Å²) in [5.41, 5.74) is 5.28. The van der Waals surface area contributed by atoms with Crippen molar-refractivity contribution in [1.29, 1.82) is 0 Å². The SMILES string of the molecule is CC(C)NC(COCCC1CCC1)C(N)=O. The van der Waals surface area contributed by atoms with E-state index in [1.54, 1.807) is 0 Å². The maximum Gasteiger partial charge on any atom is 0.236 e. The summed E-state index contributed by atoms with van der Waals surface area (Å²) in [5.74, 6) is 0.516. The summed E-state index contributed by atoms with van der Waals surface area (Å²) in [7, 11) is 0. The molecule has 4 heteroatoms. The molecule has 1 aliphatic rings. The smallest absolute Gasteiger partial charge is 0.236 e. The van der Waals surface area contributed by atoms with Gasteiger partial charge in [-0.25, -0.2) is 0 Å². The van der Waals surface area contributed by atoms with Crippen LogP contribution in [0.3, 0.4) is 0 Å². The van der Waals surface area contributed by atoms with Crippen molar-refractivity contribution in [1.82, 2.24) is 5.32 Å². The lowest BCUT2D eigenvalue weighted by atomic mass is 9.83. The number of nitrogens with two attached hydrogens (primary N) is 1. The summed E-state index contributed by atoms with van der Waals surface area (Å²) in [6, 6.07) is -0.117. The van der Waals surface area contributed by atoms with Crippen molar-refractivity contribution in [3.05, 3.63) is 0 Å². The zero-order chi connectivity index (χ0) is 12.0. The normalized spacial score (nSPS) is 18.4. The van der Waals surface area contributed by atoms with Crippen LogP contribution in [-0.2, 0) is 9.53 Å². The summed E-state index contributed by atoms with van der Waals surface area (Å²) >= 11 is 0. The first-order valence-electron chi connectivity index (χ1n) is 6.22. The van der Waals surface area contributed by atoms with Crippen LogP contribution in [0.1, 0.15) is 39.5 Å². The molecule has 1 aliphatic carbocycles. The van der Waals surface area contributed by atoms with Crippen LogP contribution in [0, 0.1) is 5.92 Å². The van der Waals surface area contributed by atoms with Crippen molar-refractivity contribution in [2.24, 2.45) is 11.7 Å². The molecular formula is C12H24N2O2. The van der Waals surface area contributed by atoms with Gasteiger partial charge in [0, 0.05) is 12.6 Å². The molecule has 0 aliphatic heterocycles. The van der Waals surface area contributed by atoms with Gasteiger partial charge in [0.15, 0.2) is 0 Å². The minimum absolute atomic E-state index is 0.243. The van der Waals surface area contributed by atoms with Gasteiger partial charge in [-0.05, 0) is 12.3 Å². The average molecular weight is 228 g/mol. The molecule has 94 valence electrons. The highest BCUT2D eigenvalue weighted by atomic mass is 16.5. The van der Waals surface area contributed by atoms with E-state index in [0.717, 1.165) is 18.9 Å². The zero-order valence-electron chi connectivity index (χ0n) is 10.4. The lowest BCUT2D eigenvalue weighted by molar-refractivity contribution is -0.121. The van der Waals surface area contributed by atoms with Crippen LogP contribution in [0.5, 0.6) is 0 Å². The van der Waals surface area contributed by atoms with E-state index in [0.29, 0.717) is 6.61 Å². The molecule has 3 N–H and O–H groups in total. The van der Waals surface area contributed by atoms with Gasteiger partial charge in [-0.2, -0.15) is 0 Å². The molecule has 1 saturated carbocycles. The monoisotopic (exact) mass is 228 g/mol. The molecule has 0 radical (unpaired) electrons. The highest BCUT2D eigenvalue weighted by Gasteiger charge is 2.18. The van der Waals surface area contributed by atoms with Gasteiger partial charge in [-0.15, -0.1) is 0 Å². The summed E-state index contributed by atoms with van der Waals surface area (Å²) in [6.45, 7) is 5.11. The van der Waals surface area contributed by atoms with Crippen molar-refractivity contribution in [2.75, 3.05) is 13.2 Å². The third-order valence-electron chi connectivity index (χ3n) is 3.06. The quantitative estimate of drug-likeness (QED) is 0.610. The fourth-order valence-corrected chi connectivity index (χ4v) is 1.85. The van der Waals surface area contributed by atoms with Gasteiger partial charge < -0.3 is 15.8 Å². The molecular weight excluding hydrogens is 204 g/mol. The lowest BCUT2D eigenvalue weighted by Crippen LogP contribution is -2.47. The summed E-state index contributed by atoms with van der Waals surface area (Å²) in [5, 5.41) is 3.10. The Labute approximate surface area is 97.9 Å². The van der Waals surface area contributed by atoms with Crippen molar-refractivity contribution in [3.8, 4) is 0 Å². The minimum atomic E-state index is -0.360. The first-order valence-corrected chi connectivity index (χ1v) is 6.22. The van der Waals surface area contributed by atoms with Gasteiger partial charge in [0.05, 0.1) is 6.61 Å². The molecule has 16 heavy (non-hydrogen) atoms. The van der Waals surface area contributed by atoms with Gasteiger partial charge in [0.1, 0.15) is 6.04 Å². The topological polar surface area (TPSA) is 64.3 Å². The Bertz CT molecular complexity index is 215. The maximum atomic E-state index is 11.1. The van der Waals surface area contributed by atoms with E-state index in [4.69, 9.17) is 10.5 Å². The van der Waals surface area contributed by atoms with Crippen LogP contribution in [0.15, 0.2) is 0 Å². The molecule has 0 spiro atoms. The molecule has 1 atom stereocenters. The van der Waals surface area contributed by atoms with E-state index in [-0.39, 0.29) is 18.0 Å². The minimum Gasteiger partial charge on any atom is -0.379 e. The van der Waals surface area contributed by atoms with Crippen LogP contribution in [0.25, 0.3) is 0 Å². The van der Waals surface area contributed by atoms with Crippen LogP contribution in [-0.4, -0.2) is 31.2 Å². The molecule has 0 heterocycles. The molecule has 0 saturated heterocycles. The number of nitrogens with one attached hydrogen (secondary N) is 1. The van der Waals surface area contributed by atoms with Crippen molar-refractivity contribution in [3.63, 3.8) is 0 Å². The summed E-state index contributed by atoms with van der Waals surface area (Å²) < 4.78 is 5.50. The Morgan fingerprint density at radius 2 is 2.19 bits per heavy atom. The van der Waals surface area contributed by atoms with Gasteiger partial charge >= 0.3 is 0 Å². The predicted molar refractivity (Wildman–Crippen MR) is 64.0 cm³/mol. The van der Waals surface area contributed by atoms with E-state index >= 15 is 0 Å². The Morgan fingerprint density at radius 3 is 2.62 bits per heavy atom. The van der Waals surface area contributed by atoms with E-state index in [2.05, 4.69) is 5.32 Å². The number of hydrogen-bond donors (Lipinski definition) is 2. The second-order valence-corrected chi connectivity index (χ2v) is 4.94. The Morgan fingerprint density at radius 1 is 1.50 bits per heavy atom. The molecule has 0 aromatic rings. The molecule has 1 rings (SSSR count). The third kappa shape index (κ3) is 4.94. The van der Waals surface area contributed by atoms with Gasteiger partial charge in [0.2, 0.25) is 5.91 Å². The van der Waals surface area contributed by atoms with E-state index < -0.39 is 0 Å². The Hall–Kier alpha value is -0.610. The van der Waals surface area contributed by atoms with Crippen LogP contribution in [0.4, 0.5) is 0 Å². The first kappa shape index (κ1) is 13.5. The maximum absolute atomic E-state index is 11.1. The zero-order valence-corrected chi connectivity index (χ0v) is 10.4. The third-order valence-corrected chi connectivity index (χ3v) is 3.06. The second kappa shape index (κ2) is 6.86. The van der Waals surface area contributed by atoms with Crippen LogP contribution >= 0.6 is 0 Å². The predicted octanol–water partition coefficient (Wildman–Crippen LogP) is 1.05.